The molecule has 0 amide bonds. The normalized spacial score (nSPS) is 10.4. The van der Waals surface area contributed by atoms with E-state index in [4.69, 9.17) is 0 Å². The van der Waals surface area contributed by atoms with Gasteiger partial charge in [-0.15, -0.1) is 5.10 Å². The highest BCUT2D eigenvalue weighted by Gasteiger charge is 2.03. The number of hydrogen-bond donors (Lipinski definition) is 0. The van der Waals surface area contributed by atoms with Crippen molar-refractivity contribution in [2.75, 3.05) is 0 Å². The molecule has 3 rings (SSSR count). The fourth-order valence-electron chi connectivity index (χ4n) is 1.89. The number of para-hydroxylation sites is 1. The molecule has 0 radical (unpaired) electrons. The van der Waals surface area contributed by atoms with Gasteiger partial charge in [-0.25, -0.2) is 4.68 Å². The van der Waals surface area contributed by atoms with Crippen molar-refractivity contribution >= 4 is 0 Å². The Morgan fingerprint density at radius 2 is 1.50 bits per heavy atom. The van der Waals surface area contributed by atoms with Gasteiger partial charge in [0.25, 0.3) is 0 Å². The van der Waals surface area contributed by atoms with Crippen molar-refractivity contribution in [1.29, 1.82) is 0 Å². The molecule has 0 aliphatic heterocycles. The molecule has 88 valence electrons. The zero-order valence-corrected chi connectivity index (χ0v) is 9.90. The molecule has 0 saturated heterocycles. The van der Waals surface area contributed by atoms with Crippen LogP contribution in [0.5, 0.6) is 0 Å². The largest absolute Gasteiger partial charge is 0.220 e. The Kier molecular flexibility index (Phi) is 2.88. The molecule has 0 spiro atoms. The number of hydrogen-bond acceptors (Lipinski definition) is 2. The lowest BCUT2D eigenvalue weighted by atomic mass is 10.1. The summed E-state index contributed by atoms with van der Waals surface area (Å²) in [6, 6.07) is 20.3. The van der Waals surface area contributed by atoms with Gasteiger partial charge in [0.15, 0.2) is 0 Å². The van der Waals surface area contributed by atoms with Crippen LogP contribution in [0.4, 0.5) is 0 Å². The molecule has 0 saturated carbocycles. The molecule has 1 heterocycles. The van der Waals surface area contributed by atoms with Gasteiger partial charge in [-0.05, 0) is 17.7 Å². The zero-order valence-electron chi connectivity index (χ0n) is 9.90. The minimum atomic E-state index is 0.813. The van der Waals surface area contributed by atoms with E-state index in [-0.39, 0.29) is 0 Å². The predicted molar refractivity (Wildman–Crippen MR) is 70.6 cm³/mol. The van der Waals surface area contributed by atoms with Gasteiger partial charge < -0.3 is 0 Å². The van der Waals surface area contributed by atoms with Crippen LogP contribution >= 0.6 is 0 Å². The number of aromatic nitrogens is 3. The molecule has 3 aromatic rings. The lowest BCUT2D eigenvalue weighted by molar-refractivity contribution is 0.799. The third-order valence-electron chi connectivity index (χ3n) is 2.79. The van der Waals surface area contributed by atoms with Crippen LogP contribution in [0.25, 0.3) is 5.69 Å². The number of benzene rings is 2. The smallest absolute Gasteiger partial charge is 0.0875 e. The maximum absolute atomic E-state index is 4.20. The second-order valence-electron chi connectivity index (χ2n) is 4.15. The van der Waals surface area contributed by atoms with Gasteiger partial charge in [-0.2, -0.15) is 0 Å². The van der Waals surface area contributed by atoms with Crippen molar-refractivity contribution in [3.63, 3.8) is 0 Å². The highest BCUT2D eigenvalue weighted by Crippen LogP contribution is 2.09. The third-order valence-corrected chi connectivity index (χ3v) is 2.79. The second kappa shape index (κ2) is 4.84. The van der Waals surface area contributed by atoms with Crippen LogP contribution in [0.1, 0.15) is 11.3 Å². The first-order chi connectivity index (χ1) is 8.92. The molecule has 0 bridgehead atoms. The zero-order chi connectivity index (χ0) is 12.2. The Morgan fingerprint density at radius 1 is 0.833 bits per heavy atom. The molecule has 18 heavy (non-hydrogen) atoms. The first-order valence-corrected chi connectivity index (χ1v) is 5.92. The first kappa shape index (κ1) is 10.7. The van der Waals surface area contributed by atoms with E-state index in [0.717, 1.165) is 17.8 Å². The van der Waals surface area contributed by atoms with E-state index in [9.17, 15) is 0 Å². The quantitative estimate of drug-likeness (QED) is 0.699. The third kappa shape index (κ3) is 2.30. The molecule has 0 fully saturated rings. The van der Waals surface area contributed by atoms with Gasteiger partial charge >= 0.3 is 0 Å². The average Bonchev–Trinajstić information content (AvgIpc) is 2.89. The summed E-state index contributed by atoms with van der Waals surface area (Å²) < 4.78 is 1.80. The molecular weight excluding hydrogens is 222 g/mol. The number of rotatable bonds is 3. The van der Waals surface area contributed by atoms with Crippen LogP contribution in [0.3, 0.4) is 0 Å². The van der Waals surface area contributed by atoms with E-state index in [2.05, 4.69) is 22.4 Å². The predicted octanol–water partition coefficient (Wildman–Crippen LogP) is 2.86. The number of nitrogens with zero attached hydrogens (tertiary/aromatic N) is 3. The Bertz CT molecular complexity index is 615. The summed E-state index contributed by atoms with van der Waals surface area (Å²) in [5, 5.41) is 8.35. The monoisotopic (exact) mass is 235 g/mol. The maximum Gasteiger partial charge on any atom is 0.0875 e. The Hall–Kier alpha value is -2.42. The van der Waals surface area contributed by atoms with E-state index in [1.54, 1.807) is 4.68 Å². The SMILES string of the molecule is c1ccc(Cc2cn(-c3ccccc3)nn2)cc1. The van der Waals surface area contributed by atoms with Crippen molar-refractivity contribution in [2.24, 2.45) is 0 Å². The van der Waals surface area contributed by atoms with E-state index in [1.165, 1.54) is 5.56 Å². The summed E-state index contributed by atoms with van der Waals surface area (Å²) in [6.45, 7) is 0. The Labute approximate surface area is 106 Å². The van der Waals surface area contributed by atoms with E-state index >= 15 is 0 Å². The van der Waals surface area contributed by atoms with E-state index < -0.39 is 0 Å². The highest BCUT2D eigenvalue weighted by atomic mass is 15.4. The fourth-order valence-corrected chi connectivity index (χ4v) is 1.89. The molecule has 1 aromatic heterocycles. The lowest BCUT2D eigenvalue weighted by Gasteiger charge is -1.98. The van der Waals surface area contributed by atoms with Crippen LogP contribution in [-0.4, -0.2) is 15.0 Å². The minimum absolute atomic E-state index is 0.813. The molecule has 0 unspecified atom stereocenters. The molecule has 0 aliphatic carbocycles. The Morgan fingerprint density at radius 3 is 2.22 bits per heavy atom. The molecule has 3 nitrogen and oxygen atoms in total. The Balaban J connectivity index is 1.82. The van der Waals surface area contributed by atoms with Gasteiger partial charge in [0.1, 0.15) is 0 Å². The standard InChI is InChI=1S/C15H13N3/c1-3-7-13(8-4-1)11-14-12-18(17-16-14)15-9-5-2-6-10-15/h1-10,12H,11H2. The molecule has 3 heteroatoms. The van der Waals surface area contributed by atoms with Crippen LogP contribution in [0.2, 0.25) is 0 Å². The molecular formula is C15H13N3. The van der Waals surface area contributed by atoms with Crippen LogP contribution in [-0.2, 0) is 6.42 Å². The molecule has 0 atom stereocenters. The van der Waals surface area contributed by atoms with E-state index in [0.29, 0.717) is 0 Å². The highest BCUT2D eigenvalue weighted by molar-refractivity contribution is 5.30. The van der Waals surface area contributed by atoms with Crippen molar-refractivity contribution < 1.29 is 0 Å². The summed E-state index contributed by atoms with van der Waals surface area (Å²) >= 11 is 0. The average molecular weight is 235 g/mol. The first-order valence-electron chi connectivity index (χ1n) is 5.92. The van der Waals surface area contributed by atoms with Gasteiger partial charge in [-0.1, -0.05) is 53.7 Å². The molecule has 0 N–H and O–H groups in total. The molecule has 0 aliphatic rings. The van der Waals surface area contributed by atoms with Crippen LogP contribution in [0.15, 0.2) is 66.9 Å². The second-order valence-corrected chi connectivity index (χ2v) is 4.15. The van der Waals surface area contributed by atoms with Crippen molar-refractivity contribution in [2.45, 2.75) is 6.42 Å². The minimum Gasteiger partial charge on any atom is -0.220 e. The topological polar surface area (TPSA) is 30.7 Å². The lowest BCUT2D eigenvalue weighted by Crippen LogP contribution is -1.93. The van der Waals surface area contributed by atoms with Gasteiger partial charge in [0, 0.05) is 6.42 Å². The fraction of sp³-hybridized carbons (Fsp3) is 0.0667. The van der Waals surface area contributed by atoms with Crippen LogP contribution < -0.4 is 0 Å². The summed E-state index contributed by atoms with van der Waals surface area (Å²) in [5.41, 5.74) is 3.26. The summed E-state index contributed by atoms with van der Waals surface area (Å²) in [4.78, 5) is 0. The maximum atomic E-state index is 4.20. The van der Waals surface area contributed by atoms with Crippen molar-refractivity contribution in [3.05, 3.63) is 78.1 Å². The van der Waals surface area contributed by atoms with Gasteiger partial charge in [-0.3, -0.25) is 0 Å². The van der Waals surface area contributed by atoms with Gasteiger partial charge in [0.2, 0.25) is 0 Å². The summed E-state index contributed by atoms with van der Waals surface area (Å²) in [5.74, 6) is 0. The summed E-state index contributed by atoms with van der Waals surface area (Å²) in [7, 11) is 0. The molecule has 2 aromatic carbocycles. The van der Waals surface area contributed by atoms with Crippen molar-refractivity contribution in [3.8, 4) is 5.69 Å². The van der Waals surface area contributed by atoms with Gasteiger partial charge in [0.05, 0.1) is 17.6 Å². The van der Waals surface area contributed by atoms with Crippen LogP contribution in [0, 0.1) is 0 Å². The van der Waals surface area contributed by atoms with Crippen molar-refractivity contribution in [1.82, 2.24) is 15.0 Å². The van der Waals surface area contributed by atoms with E-state index in [1.807, 2.05) is 54.7 Å². The summed E-state index contributed by atoms with van der Waals surface area (Å²) in [6.07, 6.45) is 2.79.